The summed E-state index contributed by atoms with van der Waals surface area (Å²) in [5.41, 5.74) is 1.58. The first kappa shape index (κ1) is 7.32. The van der Waals surface area contributed by atoms with Crippen LogP contribution in [0.2, 0.25) is 0 Å². The van der Waals surface area contributed by atoms with Crippen LogP contribution in [-0.2, 0) is 12.8 Å². The van der Waals surface area contributed by atoms with Gasteiger partial charge in [-0.3, -0.25) is 0 Å². The van der Waals surface area contributed by atoms with Crippen molar-refractivity contribution in [2.24, 2.45) is 0 Å². The van der Waals surface area contributed by atoms with Crippen molar-refractivity contribution in [3.63, 3.8) is 0 Å². The lowest BCUT2D eigenvalue weighted by Gasteiger charge is -2.05. The van der Waals surface area contributed by atoms with Crippen molar-refractivity contribution in [2.75, 3.05) is 7.05 Å². The van der Waals surface area contributed by atoms with Gasteiger partial charge in [-0.1, -0.05) is 0 Å². The molecule has 1 aromatic rings. The molecule has 2 rings (SSSR count). The third-order valence-electron chi connectivity index (χ3n) is 2.33. The molecule has 1 N–H and O–H groups in total. The molecule has 1 nitrogen and oxygen atoms in total. The summed E-state index contributed by atoms with van der Waals surface area (Å²) in [7, 11) is 2.05. The molecule has 0 saturated heterocycles. The number of thiophene rings is 1. The van der Waals surface area contributed by atoms with E-state index in [0.29, 0.717) is 6.04 Å². The molecule has 1 atom stereocenters. The van der Waals surface area contributed by atoms with E-state index in [1.807, 2.05) is 18.4 Å². The zero-order valence-electron chi connectivity index (χ0n) is 6.98. The Labute approximate surface area is 71.4 Å². The maximum Gasteiger partial charge on any atom is 0.0153 e. The van der Waals surface area contributed by atoms with Crippen LogP contribution in [0.15, 0.2) is 6.07 Å². The molecule has 0 amide bonds. The first-order valence-electron chi connectivity index (χ1n) is 4.05. The number of fused-ring (bicyclic) bond motifs is 1. The van der Waals surface area contributed by atoms with Gasteiger partial charge in [-0.05, 0) is 38.4 Å². The van der Waals surface area contributed by atoms with Crippen LogP contribution in [0.1, 0.15) is 15.3 Å². The highest BCUT2D eigenvalue weighted by molar-refractivity contribution is 7.12. The van der Waals surface area contributed by atoms with Crippen molar-refractivity contribution >= 4 is 11.3 Å². The number of hydrogen-bond acceptors (Lipinski definition) is 2. The van der Waals surface area contributed by atoms with E-state index >= 15 is 0 Å². The summed E-state index contributed by atoms with van der Waals surface area (Å²) < 4.78 is 0. The van der Waals surface area contributed by atoms with E-state index in [0.717, 1.165) is 0 Å². The molecule has 0 aliphatic heterocycles. The fourth-order valence-electron chi connectivity index (χ4n) is 1.73. The molecule has 0 spiro atoms. The molecule has 0 radical (unpaired) electrons. The van der Waals surface area contributed by atoms with Crippen LogP contribution >= 0.6 is 11.3 Å². The first-order valence-corrected chi connectivity index (χ1v) is 4.86. The molecule has 1 aliphatic rings. The topological polar surface area (TPSA) is 12.0 Å². The fraction of sp³-hybridized carbons (Fsp3) is 0.556. The quantitative estimate of drug-likeness (QED) is 0.672. The maximum atomic E-state index is 3.32. The summed E-state index contributed by atoms with van der Waals surface area (Å²) in [6.45, 7) is 2.19. The van der Waals surface area contributed by atoms with Crippen molar-refractivity contribution in [3.8, 4) is 0 Å². The normalized spacial score (nSPS) is 22.2. The number of aryl methyl sites for hydroxylation is 1. The molecule has 2 heteroatoms. The van der Waals surface area contributed by atoms with E-state index in [1.54, 1.807) is 10.4 Å². The monoisotopic (exact) mass is 167 g/mol. The van der Waals surface area contributed by atoms with Crippen LogP contribution in [0.4, 0.5) is 0 Å². The van der Waals surface area contributed by atoms with Crippen molar-refractivity contribution in [2.45, 2.75) is 25.8 Å². The molecule has 0 fully saturated rings. The van der Waals surface area contributed by atoms with E-state index in [4.69, 9.17) is 0 Å². The lowest BCUT2D eigenvalue weighted by molar-refractivity contribution is 0.594. The summed E-state index contributed by atoms with van der Waals surface area (Å²) >= 11 is 1.96. The van der Waals surface area contributed by atoms with Crippen LogP contribution in [0.3, 0.4) is 0 Å². The molecule has 1 unspecified atom stereocenters. The molecule has 1 aromatic heterocycles. The third kappa shape index (κ3) is 1.21. The van der Waals surface area contributed by atoms with Crippen molar-refractivity contribution in [3.05, 3.63) is 21.4 Å². The van der Waals surface area contributed by atoms with Crippen molar-refractivity contribution in [1.82, 2.24) is 5.32 Å². The van der Waals surface area contributed by atoms with E-state index in [9.17, 15) is 0 Å². The zero-order valence-corrected chi connectivity index (χ0v) is 7.79. The van der Waals surface area contributed by atoms with Gasteiger partial charge in [-0.15, -0.1) is 11.3 Å². The lowest BCUT2D eigenvalue weighted by atomic mass is 10.2. The van der Waals surface area contributed by atoms with Crippen LogP contribution in [0.5, 0.6) is 0 Å². The van der Waals surface area contributed by atoms with Gasteiger partial charge in [-0.2, -0.15) is 0 Å². The Morgan fingerprint density at radius 2 is 2.36 bits per heavy atom. The van der Waals surface area contributed by atoms with Gasteiger partial charge < -0.3 is 5.32 Å². The average Bonchev–Trinajstić information content (AvgIpc) is 2.43. The molecule has 11 heavy (non-hydrogen) atoms. The van der Waals surface area contributed by atoms with Gasteiger partial charge in [0, 0.05) is 15.8 Å². The van der Waals surface area contributed by atoms with E-state index in [1.165, 1.54) is 17.7 Å². The van der Waals surface area contributed by atoms with Gasteiger partial charge in [0.1, 0.15) is 0 Å². The third-order valence-corrected chi connectivity index (χ3v) is 3.44. The minimum Gasteiger partial charge on any atom is -0.316 e. The maximum absolute atomic E-state index is 3.32. The van der Waals surface area contributed by atoms with E-state index < -0.39 is 0 Å². The van der Waals surface area contributed by atoms with Crippen LogP contribution in [0.25, 0.3) is 0 Å². The first-order chi connectivity index (χ1) is 5.29. The number of likely N-dealkylation sites (N-methyl/N-ethyl adjacent to an activating group) is 1. The smallest absolute Gasteiger partial charge is 0.0153 e. The summed E-state index contributed by atoms with van der Waals surface area (Å²) in [6.07, 6.45) is 2.47. The lowest BCUT2D eigenvalue weighted by Crippen LogP contribution is -2.24. The van der Waals surface area contributed by atoms with Crippen molar-refractivity contribution in [1.29, 1.82) is 0 Å². The highest BCUT2D eigenvalue weighted by Gasteiger charge is 2.21. The predicted molar refractivity (Wildman–Crippen MR) is 49.3 cm³/mol. The van der Waals surface area contributed by atoms with E-state index in [2.05, 4.69) is 18.3 Å². The molecular weight excluding hydrogens is 154 g/mol. The SMILES string of the molecule is CNC1Cc2cc(C)sc2C1. The molecule has 0 aromatic carbocycles. The van der Waals surface area contributed by atoms with Gasteiger partial charge in [0.05, 0.1) is 0 Å². The Hall–Kier alpha value is -0.340. The van der Waals surface area contributed by atoms with Crippen LogP contribution in [-0.4, -0.2) is 13.1 Å². The summed E-state index contributed by atoms with van der Waals surface area (Å²) in [4.78, 5) is 3.06. The zero-order chi connectivity index (χ0) is 7.84. The van der Waals surface area contributed by atoms with Gasteiger partial charge in [0.2, 0.25) is 0 Å². The minimum atomic E-state index is 0.705. The van der Waals surface area contributed by atoms with Crippen LogP contribution < -0.4 is 5.32 Å². The Morgan fingerprint density at radius 3 is 3.00 bits per heavy atom. The standard InChI is InChI=1S/C9H13NS/c1-6-3-7-4-8(10-2)5-9(7)11-6/h3,8,10H,4-5H2,1-2H3. The Kier molecular flexibility index (Phi) is 1.74. The second-order valence-corrected chi connectivity index (χ2v) is 4.54. The highest BCUT2D eigenvalue weighted by Crippen LogP contribution is 2.29. The number of nitrogens with one attached hydrogen (secondary N) is 1. The van der Waals surface area contributed by atoms with Gasteiger partial charge in [0.15, 0.2) is 0 Å². The molecule has 1 aliphatic carbocycles. The van der Waals surface area contributed by atoms with Gasteiger partial charge in [-0.25, -0.2) is 0 Å². The largest absolute Gasteiger partial charge is 0.316 e. The molecule has 60 valence electrons. The van der Waals surface area contributed by atoms with Gasteiger partial charge in [0.25, 0.3) is 0 Å². The van der Waals surface area contributed by atoms with Crippen LogP contribution in [0, 0.1) is 6.92 Å². The van der Waals surface area contributed by atoms with Crippen molar-refractivity contribution < 1.29 is 0 Å². The average molecular weight is 167 g/mol. The Balaban J connectivity index is 2.23. The second-order valence-electron chi connectivity index (χ2n) is 3.20. The Morgan fingerprint density at radius 1 is 1.55 bits per heavy atom. The minimum absolute atomic E-state index is 0.705. The highest BCUT2D eigenvalue weighted by atomic mass is 32.1. The van der Waals surface area contributed by atoms with Gasteiger partial charge >= 0.3 is 0 Å². The van der Waals surface area contributed by atoms with E-state index in [-0.39, 0.29) is 0 Å². The summed E-state index contributed by atoms with van der Waals surface area (Å²) in [6, 6.07) is 3.04. The molecular formula is C9H13NS. The molecule has 0 bridgehead atoms. The Bertz CT molecular complexity index is 241. The molecule has 0 saturated carbocycles. The predicted octanol–water partition coefficient (Wildman–Crippen LogP) is 1.74. The number of rotatable bonds is 1. The number of hydrogen-bond donors (Lipinski definition) is 1. The molecule has 1 heterocycles. The fourth-order valence-corrected chi connectivity index (χ4v) is 2.87. The second kappa shape index (κ2) is 2.61. The summed E-state index contributed by atoms with van der Waals surface area (Å²) in [5, 5.41) is 3.32. The summed E-state index contributed by atoms with van der Waals surface area (Å²) in [5.74, 6) is 0.